The van der Waals surface area contributed by atoms with Crippen molar-refractivity contribution >= 4 is 34.2 Å². The topological polar surface area (TPSA) is 34.1 Å². The number of hydrogen-bond donors (Lipinski definition) is 0. The van der Waals surface area contributed by atoms with Crippen molar-refractivity contribution in [2.45, 2.75) is 12.4 Å². The van der Waals surface area contributed by atoms with E-state index >= 15 is 0 Å². The third kappa shape index (κ3) is 5.33. The highest BCUT2D eigenvalue weighted by Gasteiger charge is 2.31. The number of rotatable bonds is 4. The molecule has 0 radical (unpaired) electrons. The van der Waals surface area contributed by atoms with E-state index in [4.69, 9.17) is 0 Å². The minimum atomic E-state index is -4.54. The summed E-state index contributed by atoms with van der Waals surface area (Å²) in [5, 5.41) is 0. The van der Waals surface area contributed by atoms with E-state index in [0.717, 1.165) is 48.5 Å². The lowest BCUT2D eigenvalue weighted by Gasteiger charge is -2.10. The van der Waals surface area contributed by atoms with Crippen LogP contribution in [-0.2, 0) is 12.4 Å². The van der Waals surface area contributed by atoms with Crippen LogP contribution in [-0.4, -0.2) is 11.6 Å². The molecular weight excluding hydrogens is 537 g/mol. The number of benzene rings is 3. The molecule has 3 aromatic carbocycles. The number of carbonyl (C=O) groups excluding carboxylic acids is 2. The quantitative estimate of drug-likeness (QED) is 0.205. The predicted octanol–water partition coefficient (Wildman–Crippen LogP) is 6.79. The molecule has 0 saturated heterocycles. The molecule has 0 bridgehead atoms. The maximum atomic E-state index is 12.7. The van der Waals surface area contributed by atoms with Crippen LogP contribution in [0.2, 0.25) is 0 Å². The maximum Gasteiger partial charge on any atom is 0.416 e. The molecule has 160 valence electrons. The van der Waals surface area contributed by atoms with Gasteiger partial charge in [-0.25, -0.2) is 0 Å². The Balaban J connectivity index is 1.91. The van der Waals surface area contributed by atoms with Crippen LogP contribution < -0.4 is 0 Å². The van der Waals surface area contributed by atoms with Gasteiger partial charge in [0.1, 0.15) is 0 Å². The number of carbonyl (C=O) groups is 2. The van der Waals surface area contributed by atoms with E-state index in [9.17, 15) is 35.9 Å². The van der Waals surface area contributed by atoms with Gasteiger partial charge in [-0.15, -0.1) is 0 Å². The average Bonchev–Trinajstić information content (AvgIpc) is 2.71. The fraction of sp³-hybridized carbons (Fsp3) is 0.0909. The summed E-state index contributed by atoms with van der Waals surface area (Å²) in [5.74, 6) is -1.18. The second kappa shape index (κ2) is 8.45. The molecule has 0 aliphatic rings. The van der Waals surface area contributed by atoms with Crippen LogP contribution >= 0.6 is 22.6 Å². The smallest absolute Gasteiger partial charge is 0.289 e. The lowest BCUT2D eigenvalue weighted by Crippen LogP contribution is -2.09. The molecule has 2 nitrogen and oxygen atoms in total. The average molecular weight is 548 g/mol. The molecule has 0 aliphatic carbocycles. The number of alkyl halides is 6. The van der Waals surface area contributed by atoms with Crippen LogP contribution in [0.1, 0.15) is 43.0 Å². The van der Waals surface area contributed by atoms with Crippen LogP contribution in [0.5, 0.6) is 0 Å². The first kappa shape index (κ1) is 23.0. The largest absolute Gasteiger partial charge is 0.416 e. The Bertz CT molecular complexity index is 1040. The summed E-state index contributed by atoms with van der Waals surface area (Å²) in [4.78, 5) is 25.4. The highest BCUT2D eigenvalue weighted by molar-refractivity contribution is 14.1. The van der Waals surface area contributed by atoms with Crippen LogP contribution in [0.25, 0.3) is 0 Å². The minimum absolute atomic E-state index is 0.00271. The molecule has 0 unspecified atom stereocenters. The molecule has 0 amide bonds. The van der Waals surface area contributed by atoms with Crippen LogP contribution in [0.15, 0.2) is 66.7 Å². The van der Waals surface area contributed by atoms with E-state index < -0.39 is 35.0 Å². The molecule has 3 rings (SSSR count). The van der Waals surface area contributed by atoms with Crippen LogP contribution in [0, 0.1) is 3.57 Å². The van der Waals surface area contributed by atoms with Crippen molar-refractivity contribution in [3.05, 3.63) is 104 Å². The van der Waals surface area contributed by atoms with E-state index in [1.165, 1.54) is 18.2 Å². The molecule has 0 aliphatic heterocycles. The van der Waals surface area contributed by atoms with Gasteiger partial charge in [0.25, 0.3) is 0 Å². The molecule has 9 heteroatoms. The Morgan fingerprint density at radius 2 is 0.871 bits per heavy atom. The minimum Gasteiger partial charge on any atom is -0.289 e. The van der Waals surface area contributed by atoms with Gasteiger partial charge in [0.15, 0.2) is 11.6 Å². The zero-order valence-corrected chi connectivity index (χ0v) is 17.5. The Labute approximate surface area is 186 Å². The molecule has 31 heavy (non-hydrogen) atoms. The second-order valence-corrected chi connectivity index (χ2v) is 7.78. The summed E-state index contributed by atoms with van der Waals surface area (Å²) in [6, 6.07) is 11.5. The Morgan fingerprint density at radius 3 is 1.16 bits per heavy atom. The molecule has 0 atom stereocenters. The monoisotopic (exact) mass is 548 g/mol. The zero-order chi connectivity index (χ0) is 23.0. The van der Waals surface area contributed by atoms with Gasteiger partial charge in [0.05, 0.1) is 11.1 Å². The van der Waals surface area contributed by atoms with Crippen molar-refractivity contribution in [1.82, 2.24) is 0 Å². The van der Waals surface area contributed by atoms with Crippen molar-refractivity contribution in [3.8, 4) is 0 Å². The zero-order valence-electron chi connectivity index (χ0n) is 15.3. The van der Waals surface area contributed by atoms with Gasteiger partial charge >= 0.3 is 12.4 Å². The van der Waals surface area contributed by atoms with Gasteiger partial charge in [0, 0.05) is 25.8 Å². The van der Waals surface area contributed by atoms with Crippen molar-refractivity contribution in [2.75, 3.05) is 0 Å². The molecule has 3 aromatic rings. The molecule has 0 fully saturated rings. The van der Waals surface area contributed by atoms with Crippen molar-refractivity contribution in [3.63, 3.8) is 0 Å². The standard InChI is InChI=1S/C22H11F6IO2/c23-21(24,25)16-5-1-12(2-6-16)19(30)14-9-15(11-18(29)10-14)20(31)13-3-7-17(8-4-13)22(26,27)28/h1-11H. The second-order valence-electron chi connectivity index (χ2n) is 6.54. The molecule has 0 heterocycles. The van der Waals surface area contributed by atoms with E-state index in [-0.39, 0.29) is 22.3 Å². The summed E-state index contributed by atoms with van der Waals surface area (Å²) in [5.41, 5.74) is -1.65. The lowest BCUT2D eigenvalue weighted by atomic mass is 9.96. The number of halogens is 7. The fourth-order valence-corrected chi connectivity index (χ4v) is 3.48. The first-order valence-corrected chi connectivity index (χ1v) is 9.68. The van der Waals surface area contributed by atoms with Gasteiger partial charge in [-0.3, -0.25) is 9.59 Å². The van der Waals surface area contributed by atoms with Gasteiger partial charge in [-0.05, 0) is 65.1 Å². The highest BCUT2D eigenvalue weighted by atomic mass is 127. The Hall–Kier alpha value is -2.69. The van der Waals surface area contributed by atoms with Crippen molar-refractivity contribution < 1.29 is 35.9 Å². The van der Waals surface area contributed by atoms with E-state index in [2.05, 4.69) is 0 Å². The summed E-state index contributed by atoms with van der Waals surface area (Å²) in [7, 11) is 0. The van der Waals surface area contributed by atoms with Crippen LogP contribution in [0.4, 0.5) is 26.3 Å². The normalized spacial score (nSPS) is 12.0. The molecular formula is C22H11F6IO2. The predicted molar refractivity (Wildman–Crippen MR) is 109 cm³/mol. The summed E-state index contributed by atoms with van der Waals surface area (Å²) >= 11 is 1.87. The van der Waals surface area contributed by atoms with E-state index in [0.29, 0.717) is 3.57 Å². The SMILES string of the molecule is O=C(c1ccc(C(F)(F)F)cc1)c1cc(I)cc(C(=O)c2ccc(C(F)(F)F)cc2)c1. The summed E-state index contributed by atoms with van der Waals surface area (Å²) in [6.07, 6.45) is -9.07. The van der Waals surface area contributed by atoms with E-state index in [1.54, 1.807) is 0 Å². The summed E-state index contributed by atoms with van der Waals surface area (Å²) < 4.78 is 76.7. The first-order chi connectivity index (χ1) is 14.4. The van der Waals surface area contributed by atoms with E-state index in [1.807, 2.05) is 22.6 Å². The maximum absolute atomic E-state index is 12.7. The molecule has 0 aromatic heterocycles. The number of hydrogen-bond acceptors (Lipinski definition) is 2. The lowest BCUT2D eigenvalue weighted by molar-refractivity contribution is -0.138. The van der Waals surface area contributed by atoms with Gasteiger partial charge in [0.2, 0.25) is 0 Å². The van der Waals surface area contributed by atoms with Crippen LogP contribution in [0.3, 0.4) is 0 Å². The third-order valence-corrected chi connectivity index (χ3v) is 4.99. The van der Waals surface area contributed by atoms with Gasteiger partial charge in [-0.2, -0.15) is 26.3 Å². The highest BCUT2D eigenvalue weighted by Crippen LogP contribution is 2.31. The Morgan fingerprint density at radius 1 is 0.548 bits per heavy atom. The van der Waals surface area contributed by atoms with Crippen molar-refractivity contribution in [1.29, 1.82) is 0 Å². The van der Waals surface area contributed by atoms with Gasteiger partial charge in [-0.1, -0.05) is 24.3 Å². The first-order valence-electron chi connectivity index (χ1n) is 8.61. The fourth-order valence-electron chi connectivity index (χ4n) is 2.81. The molecule has 0 saturated carbocycles. The molecule has 0 spiro atoms. The summed E-state index contributed by atoms with van der Waals surface area (Å²) in [6.45, 7) is 0. The van der Waals surface area contributed by atoms with Gasteiger partial charge < -0.3 is 0 Å². The molecule has 0 N–H and O–H groups in total. The Kier molecular flexibility index (Phi) is 6.26. The van der Waals surface area contributed by atoms with Crippen molar-refractivity contribution in [2.24, 2.45) is 0 Å². The number of ketones is 2. The third-order valence-electron chi connectivity index (χ3n) is 4.37.